The number of benzene rings is 1. The van der Waals surface area contributed by atoms with Crippen LogP contribution in [0.3, 0.4) is 0 Å². The number of morpholine rings is 1. The lowest BCUT2D eigenvalue weighted by Crippen LogP contribution is -2.49. The monoisotopic (exact) mass is 315 g/mol. The zero-order valence-corrected chi connectivity index (χ0v) is 14.2. The lowest BCUT2D eigenvalue weighted by molar-refractivity contribution is -0.121. The van der Waals surface area contributed by atoms with E-state index in [-0.39, 0.29) is 11.9 Å². The lowest BCUT2D eigenvalue weighted by atomic mass is 10.1. The zero-order chi connectivity index (χ0) is 16.8. The SMILES string of the molecule is Cc1ccc(N(CCC#N)C(=O)CN2CCOCC2C)cc1C. The van der Waals surface area contributed by atoms with Crippen molar-refractivity contribution in [2.24, 2.45) is 0 Å². The van der Waals surface area contributed by atoms with Crippen molar-refractivity contribution in [3.8, 4) is 6.07 Å². The summed E-state index contributed by atoms with van der Waals surface area (Å²) in [6.07, 6.45) is 0.331. The highest BCUT2D eigenvalue weighted by atomic mass is 16.5. The van der Waals surface area contributed by atoms with Gasteiger partial charge < -0.3 is 9.64 Å². The van der Waals surface area contributed by atoms with Crippen LogP contribution in [0, 0.1) is 25.2 Å². The van der Waals surface area contributed by atoms with Crippen LogP contribution in [0.25, 0.3) is 0 Å². The second-order valence-corrected chi connectivity index (χ2v) is 6.12. The van der Waals surface area contributed by atoms with Gasteiger partial charge in [-0.05, 0) is 44.0 Å². The minimum atomic E-state index is 0.0391. The molecule has 1 atom stereocenters. The van der Waals surface area contributed by atoms with Gasteiger partial charge in [-0.3, -0.25) is 9.69 Å². The maximum atomic E-state index is 12.8. The molecule has 1 heterocycles. The van der Waals surface area contributed by atoms with Gasteiger partial charge in [-0.25, -0.2) is 0 Å². The van der Waals surface area contributed by atoms with Gasteiger partial charge in [0.1, 0.15) is 0 Å². The van der Waals surface area contributed by atoms with Crippen molar-refractivity contribution in [1.82, 2.24) is 4.90 Å². The van der Waals surface area contributed by atoms with Crippen LogP contribution in [0.2, 0.25) is 0 Å². The maximum absolute atomic E-state index is 12.8. The van der Waals surface area contributed by atoms with Crippen molar-refractivity contribution in [3.63, 3.8) is 0 Å². The third-order valence-corrected chi connectivity index (χ3v) is 4.39. The molecular formula is C18H25N3O2. The molecule has 0 N–H and O–H groups in total. The normalized spacial score (nSPS) is 18.4. The number of hydrogen-bond acceptors (Lipinski definition) is 4. The molecule has 1 aliphatic rings. The topological polar surface area (TPSA) is 56.6 Å². The van der Waals surface area contributed by atoms with E-state index < -0.39 is 0 Å². The van der Waals surface area contributed by atoms with E-state index in [2.05, 4.69) is 24.8 Å². The van der Waals surface area contributed by atoms with E-state index in [0.717, 1.165) is 17.8 Å². The zero-order valence-electron chi connectivity index (χ0n) is 14.2. The highest BCUT2D eigenvalue weighted by Crippen LogP contribution is 2.20. The molecule has 1 aliphatic heterocycles. The first-order valence-corrected chi connectivity index (χ1v) is 8.09. The van der Waals surface area contributed by atoms with Gasteiger partial charge in [0.2, 0.25) is 5.91 Å². The van der Waals surface area contributed by atoms with Gasteiger partial charge in [-0.15, -0.1) is 0 Å². The number of hydrogen-bond donors (Lipinski definition) is 0. The fourth-order valence-corrected chi connectivity index (χ4v) is 2.71. The number of anilines is 1. The molecule has 5 heteroatoms. The van der Waals surface area contributed by atoms with Gasteiger partial charge in [0.05, 0.1) is 32.2 Å². The van der Waals surface area contributed by atoms with Gasteiger partial charge >= 0.3 is 0 Å². The van der Waals surface area contributed by atoms with E-state index in [4.69, 9.17) is 10.00 Å². The number of nitriles is 1. The molecule has 124 valence electrons. The molecule has 2 rings (SSSR count). The number of rotatable bonds is 5. The molecule has 1 aromatic carbocycles. The number of carbonyl (C=O) groups is 1. The molecule has 0 aromatic heterocycles. The largest absolute Gasteiger partial charge is 0.379 e. The van der Waals surface area contributed by atoms with E-state index in [1.807, 2.05) is 25.1 Å². The second-order valence-electron chi connectivity index (χ2n) is 6.12. The van der Waals surface area contributed by atoms with Crippen LogP contribution in [0.1, 0.15) is 24.5 Å². The number of ether oxygens (including phenoxy) is 1. The van der Waals surface area contributed by atoms with Gasteiger partial charge in [0, 0.05) is 24.8 Å². The van der Waals surface area contributed by atoms with Crippen LogP contribution >= 0.6 is 0 Å². The molecule has 5 nitrogen and oxygen atoms in total. The minimum Gasteiger partial charge on any atom is -0.379 e. The first-order chi connectivity index (χ1) is 11.0. The Kier molecular flexibility index (Phi) is 6.14. The van der Waals surface area contributed by atoms with Crippen molar-refractivity contribution < 1.29 is 9.53 Å². The second kappa shape index (κ2) is 8.09. The fourth-order valence-electron chi connectivity index (χ4n) is 2.71. The van der Waals surface area contributed by atoms with Gasteiger partial charge in [-0.1, -0.05) is 6.07 Å². The molecule has 0 radical (unpaired) electrons. The molecule has 0 bridgehead atoms. The Morgan fingerprint density at radius 2 is 2.22 bits per heavy atom. The standard InChI is InChI=1S/C18H25N3O2/c1-14-5-6-17(11-15(14)2)21(8-4-7-19)18(22)12-20-9-10-23-13-16(20)3/h5-6,11,16H,4,8-10,12-13H2,1-3H3. The summed E-state index contributed by atoms with van der Waals surface area (Å²) in [5, 5.41) is 8.89. The molecule has 0 aliphatic carbocycles. The predicted octanol–water partition coefficient (Wildman–Crippen LogP) is 2.27. The Balaban J connectivity index is 2.14. The van der Waals surface area contributed by atoms with E-state index in [1.54, 1.807) is 4.90 Å². The smallest absolute Gasteiger partial charge is 0.241 e. The molecule has 1 aromatic rings. The lowest BCUT2D eigenvalue weighted by Gasteiger charge is -2.34. The molecule has 1 fully saturated rings. The summed E-state index contributed by atoms with van der Waals surface area (Å²) < 4.78 is 5.42. The minimum absolute atomic E-state index is 0.0391. The Bertz CT molecular complexity index is 594. The van der Waals surface area contributed by atoms with Crippen LogP contribution in [-0.2, 0) is 9.53 Å². The highest BCUT2D eigenvalue weighted by molar-refractivity contribution is 5.95. The molecule has 23 heavy (non-hydrogen) atoms. The first kappa shape index (κ1) is 17.5. The summed E-state index contributed by atoms with van der Waals surface area (Å²) in [7, 11) is 0. The van der Waals surface area contributed by atoms with E-state index in [0.29, 0.717) is 32.7 Å². The Morgan fingerprint density at radius 3 is 2.87 bits per heavy atom. The van der Waals surface area contributed by atoms with Crippen LogP contribution in [0.4, 0.5) is 5.69 Å². The summed E-state index contributed by atoms with van der Waals surface area (Å²) in [5.74, 6) is 0.0391. The quantitative estimate of drug-likeness (QED) is 0.836. The van der Waals surface area contributed by atoms with Crippen LogP contribution in [-0.4, -0.2) is 49.7 Å². The Labute approximate surface area is 138 Å². The summed E-state index contributed by atoms with van der Waals surface area (Å²) >= 11 is 0. The molecule has 0 saturated carbocycles. The molecule has 0 spiro atoms. The predicted molar refractivity (Wildman–Crippen MR) is 90.4 cm³/mol. The van der Waals surface area contributed by atoms with Crippen molar-refractivity contribution in [2.45, 2.75) is 33.2 Å². The Morgan fingerprint density at radius 1 is 1.43 bits per heavy atom. The van der Waals surface area contributed by atoms with Crippen molar-refractivity contribution in [1.29, 1.82) is 5.26 Å². The van der Waals surface area contributed by atoms with Crippen LogP contribution in [0.15, 0.2) is 18.2 Å². The average Bonchev–Trinajstić information content (AvgIpc) is 2.53. The van der Waals surface area contributed by atoms with Gasteiger partial charge in [-0.2, -0.15) is 5.26 Å². The number of amides is 1. The molecule has 1 amide bonds. The number of aryl methyl sites for hydroxylation is 2. The molecular weight excluding hydrogens is 290 g/mol. The first-order valence-electron chi connectivity index (χ1n) is 8.09. The number of nitrogens with zero attached hydrogens (tertiary/aromatic N) is 3. The molecule has 1 saturated heterocycles. The average molecular weight is 315 g/mol. The van der Waals surface area contributed by atoms with Crippen LogP contribution < -0.4 is 4.90 Å². The Hall–Kier alpha value is -1.90. The van der Waals surface area contributed by atoms with Gasteiger partial charge in [0.25, 0.3) is 0 Å². The van der Waals surface area contributed by atoms with E-state index in [1.165, 1.54) is 5.56 Å². The third-order valence-electron chi connectivity index (χ3n) is 4.39. The summed E-state index contributed by atoms with van der Waals surface area (Å²) in [6.45, 7) is 9.05. The van der Waals surface area contributed by atoms with Crippen molar-refractivity contribution in [3.05, 3.63) is 29.3 Å². The highest BCUT2D eigenvalue weighted by Gasteiger charge is 2.24. The third kappa shape index (κ3) is 4.54. The fraction of sp³-hybridized carbons (Fsp3) is 0.556. The van der Waals surface area contributed by atoms with Gasteiger partial charge in [0.15, 0.2) is 0 Å². The van der Waals surface area contributed by atoms with Crippen LogP contribution in [0.5, 0.6) is 0 Å². The van der Waals surface area contributed by atoms with Crippen molar-refractivity contribution in [2.75, 3.05) is 37.7 Å². The number of carbonyl (C=O) groups excluding carboxylic acids is 1. The summed E-state index contributed by atoms with van der Waals surface area (Å²) in [4.78, 5) is 16.7. The van der Waals surface area contributed by atoms with Crippen molar-refractivity contribution >= 4 is 11.6 Å². The van der Waals surface area contributed by atoms with E-state index in [9.17, 15) is 4.79 Å². The summed E-state index contributed by atoms with van der Waals surface area (Å²) in [6, 6.07) is 8.38. The maximum Gasteiger partial charge on any atom is 0.241 e. The van der Waals surface area contributed by atoms with E-state index >= 15 is 0 Å². The summed E-state index contributed by atoms with van der Waals surface area (Å²) in [5.41, 5.74) is 3.22. The molecule has 1 unspecified atom stereocenters.